The van der Waals surface area contributed by atoms with Gasteiger partial charge in [0.05, 0.1) is 13.2 Å². The van der Waals surface area contributed by atoms with Crippen molar-refractivity contribution in [3.05, 3.63) is 30.6 Å². The molecule has 1 aliphatic rings. The van der Waals surface area contributed by atoms with Gasteiger partial charge in [0, 0.05) is 51.7 Å². The summed E-state index contributed by atoms with van der Waals surface area (Å²) in [5.74, 6) is 2.69. The van der Waals surface area contributed by atoms with Crippen LogP contribution in [0, 0.1) is 0 Å². The van der Waals surface area contributed by atoms with E-state index in [1.54, 1.807) is 6.33 Å². The zero-order chi connectivity index (χ0) is 15.4. The van der Waals surface area contributed by atoms with E-state index in [1.165, 1.54) is 0 Å². The Morgan fingerprint density at radius 1 is 1.14 bits per heavy atom. The zero-order valence-electron chi connectivity index (χ0n) is 13.1. The van der Waals surface area contributed by atoms with Crippen LogP contribution in [0.3, 0.4) is 0 Å². The molecule has 2 aromatic heterocycles. The summed E-state index contributed by atoms with van der Waals surface area (Å²) in [5, 5.41) is 0. The second kappa shape index (κ2) is 6.74. The van der Waals surface area contributed by atoms with Crippen LogP contribution < -0.4 is 9.64 Å². The third-order valence-corrected chi connectivity index (χ3v) is 3.90. The van der Waals surface area contributed by atoms with Crippen molar-refractivity contribution in [3.63, 3.8) is 0 Å². The molecule has 0 aliphatic carbocycles. The molecule has 0 spiro atoms. The molecule has 0 unspecified atom stereocenters. The summed E-state index contributed by atoms with van der Waals surface area (Å²) < 4.78 is 7.52. The Kier molecular flexibility index (Phi) is 4.53. The van der Waals surface area contributed by atoms with Gasteiger partial charge in [0.25, 0.3) is 0 Å². The molecule has 7 heteroatoms. The van der Waals surface area contributed by atoms with Gasteiger partial charge in [-0.3, -0.25) is 4.90 Å². The highest BCUT2D eigenvalue weighted by Gasteiger charge is 2.19. The van der Waals surface area contributed by atoms with Gasteiger partial charge in [-0.25, -0.2) is 15.0 Å². The average Bonchev–Trinajstić information content (AvgIpc) is 2.94. The van der Waals surface area contributed by atoms with Gasteiger partial charge in [-0.05, 0) is 6.92 Å². The lowest BCUT2D eigenvalue weighted by atomic mass is 10.3. The minimum atomic E-state index is 0.619. The Balaban J connectivity index is 1.57. The number of hydrogen-bond acceptors (Lipinski definition) is 6. The first-order valence-electron chi connectivity index (χ1n) is 7.64. The number of anilines is 1. The van der Waals surface area contributed by atoms with Crippen LogP contribution in [0.5, 0.6) is 5.88 Å². The van der Waals surface area contributed by atoms with Crippen molar-refractivity contribution >= 4 is 5.82 Å². The van der Waals surface area contributed by atoms with Crippen LogP contribution in [-0.4, -0.2) is 57.2 Å². The summed E-state index contributed by atoms with van der Waals surface area (Å²) in [4.78, 5) is 17.6. The largest absolute Gasteiger partial charge is 0.478 e. The molecule has 0 atom stereocenters. The van der Waals surface area contributed by atoms with E-state index in [0.717, 1.165) is 44.4 Å². The van der Waals surface area contributed by atoms with Crippen molar-refractivity contribution in [1.29, 1.82) is 0 Å². The third-order valence-electron chi connectivity index (χ3n) is 3.90. The summed E-state index contributed by atoms with van der Waals surface area (Å²) in [6, 6.07) is 1.91. The molecule has 0 aromatic carbocycles. The predicted octanol–water partition coefficient (Wildman–Crippen LogP) is 0.931. The van der Waals surface area contributed by atoms with E-state index in [2.05, 4.69) is 29.3 Å². The van der Waals surface area contributed by atoms with Gasteiger partial charge >= 0.3 is 0 Å². The Morgan fingerprint density at radius 2 is 1.95 bits per heavy atom. The number of hydrogen-bond donors (Lipinski definition) is 0. The Bertz CT molecular complexity index is 606. The van der Waals surface area contributed by atoms with Crippen molar-refractivity contribution in [3.8, 4) is 5.88 Å². The van der Waals surface area contributed by atoms with Gasteiger partial charge < -0.3 is 14.2 Å². The lowest BCUT2D eigenvalue weighted by molar-refractivity contribution is 0.241. The van der Waals surface area contributed by atoms with E-state index >= 15 is 0 Å². The van der Waals surface area contributed by atoms with Gasteiger partial charge in [-0.1, -0.05) is 0 Å². The Morgan fingerprint density at radius 3 is 2.64 bits per heavy atom. The fraction of sp³-hybridized carbons (Fsp3) is 0.533. The summed E-state index contributed by atoms with van der Waals surface area (Å²) in [7, 11) is 2.04. The van der Waals surface area contributed by atoms with Gasteiger partial charge in [0.2, 0.25) is 5.88 Å². The molecule has 2 aromatic rings. The number of piperazine rings is 1. The Hall–Kier alpha value is -2.15. The highest BCUT2D eigenvalue weighted by Crippen LogP contribution is 2.18. The van der Waals surface area contributed by atoms with Crippen molar-refractivity contribution in [2.45, 2.75) is 13.5 Å². The van der Waals surface area contributed by atoms with E-state index in [4.69, 9.17) is 4.74 Å². The molecule has 1 aliphatic heterocycles. The first kappa shape index (κ1) is 14.8. The molecule has 1 fully saturated rings. The van der Waals surface area contributed by atoms with Crippen LogP contribution in [0.1, 0.15) is 12.7 Å². The smallest absolute Gasteiger partial charge is 0.218 e. The second-order valence-electron chi connectivity index (χ2n) is 5.37. The number of rotatable bonds is 5. The molecule has 0 bridgehead atoms. The maximum atomic E-state index is 5.44. The molecule has 0 N–H and O–H groups in total. The lowest BCUT2D eigenvalue weighted by Gasteiger charge is -2.35. The van der Waals surface area contributed by atoms with Crippen molar-refractivity contribution in [2.75, 3.05) is 37.7 Å². The summed E-state index contributed by atoms with van der Waals surface area (Å²) in [6.45, 7) is 7.37. The van der Waals surface area contributed by atoms with Crippen LogP contribution in [-0.2, 0) is 13.6 Å². The monoisotopic (exact) mass is 302 g/mol. The molecule has 1 saturated heterocycles. The molecule has 0 amide bonds. The second-order valence-corrected chi connectivity index (χ2v) is 5.37. The normalized spacial score (nSPS) is 16.0. The van der Waals surface area contributed by atoms with Crippen LogP contribution >= 0.6 is 0 Å². The minimum absolute atomic E-state index is 0.619. The first-order valence-corrected chi connectivity index (χ1v) is 7.64. The molecule has 0 radical (unpaired) electrons. The zero-order valence-corrected chi connectivity index (χ0v) is 13.1. The maximum absolute atomic E-state index is 5.44. The SMILES string of the molecule is CCOc1cc(N2CCN(Cc3nccn3C)CC2)ncn1. The summed E-state index contributed by atoms with van der Waals surface area (Å²) in [5.41, 5.74) is 0. The van der Waals surface area contributed by atoms with E-state index in [0.29, 0.717) is 12.5 Å². The van der Waals surface area contributed by atoms with Crippen molar-refractivity contribution in [2.24, 2.45) is 7.05 Å². The van der Waals surface area contributed by atoms with E-state index in [-0.39, 0.29) is 0 Å². The number of aromatic nitrogens is 4. The standard InChI is InChI=1S/C15H22N6O/c1-3-22-15-10-13(17-12-18-15)21-8-6-20(7-9-21)11-14-16-4-5-19(14)2/h4-5,10,12H,3,6-9,11H2,1-2H3. The van der Waals surface area contributed by atoms with Gasteiger partial charge in [0.1, 0.15) is 18.0 Å². The first-order chi connectivity index (χ1) is 10.8. The highest BCUT2D eigenvalue weighted by atomic mass is 16.5. The maximum Gasteiger partial charge on any atom is 0.218 e. The summed E-state index contributed by atoms with van der Waals surface area (Å²) in [6.07, 6.45) is 5.41. The molecule has 118 valence electrons. The molecule has 3 heterocycles. The molecule has 7 nitrogen and oxygen atoms in total. The van der Waals surface area contributed by atoms with Gasteiger partial charge in [0.15, 0.2) is 0 Å². The Labute approximate surface area is 130 Å². The van der Waals surface area contributed by atoms with Crippen LogP contribution in [0.15, 0.2) is 24.8 Å². The fourth-order valence-corrected chi connectivity index (χ4v) is 2.61. The van der Waals surface area contributed by atoms with Crippen molar-refractivity contribution in [1.82, 2.24) is 24.4 Å². The molecular formula is C15H22N6O. The van der Waals surface area contributed by atoms with Gasteiger partial charge in [-0.15, -0.1) is 0 Å². The highest BCUT2D eigenvalue weighted by molar-refractivity contribution is 5.41. The third kappa shape index (κ3) is 3.36. The fourth-order valence-electron chi connectivity index (χ4n) is 2.61. The lowest BCUT2D eigenvalue weighted by Crippen LogP contribution is -2.46. The van der Waals surface area contributed by atoms with Crippen LogP contribution in [0.4, 0.5) is 5.82 Å². The summed E-state index contributed by atoms with van der Waals surface area (Å²) >= 11 is 0. The predicted molar refractivity (Wildman–Crippen MR) is 83.9 cm³/mol. The van der Waals surface area contributed by atoms with E-state index in [9.17, 15) is 0 Å². The van der Waals surface area contributed by atoms with Crippen molar-refractivity contribution < 1.29 is 4.74 Å². The topological polar surface area (TPSA) is 59.3 Å². The number of imidazole rings is 1. The number of aryl methyl sites for hydroxylation is 1. The molecule has 0 saturated carbocycles. The van der Waals surface area contributed by atoms with Crippen LogP contribution in [0.25, 0.3) is 0 Å². The van der Waals surface area contributed by atoms with Crippen LogP contribution in [0.2, 0.25) is 0 Å². The number of nitrogens with zero attached hydrogens (tertiary/aromatic N) is 6. The van der Waals surface area contributed by atoms with E-state index < -0.39 is 0 Å². The quantitative estimate of drug-likeness (QED) is 0.819. The van der Waals surface area contributed by atoms with E-state index in [1.807, 2.05) is 32.4 Å². The molecule has 3 rings (SSSR count). The number of ether oxygens (including phenoxy) is 1. The molecule has 22 heavy (non-hydrogen) atoms. The minimum Gasteiger partial charge on any atom is -0.478 e. The molecular weight excluding hydrogens is 280 g/mol. The van der Waals surface area contributed by atoms with Gasteiger partial charge in [-0.2, -0.15) is 0 Å². The average molecular weight is 302 g/mol.